The maximum absolute atomic E-state index is 5.84. The van der Waals surface area contributed by atoms with E-state index >= 15 is 0 Å². The lowest BCUT2D eigenvalue weighted by molar-refractivity contribution is 0.290. The minimum absolute atomic E-state index is 0.334. The van der Waals surface area contributed by atoms with Gasteiger partial charge in [-0.1, -0.05) is 36.4 Å². The lowest BCUT2D eigenvalue weighted by Gasteiger charge is -2.19. The molecule has 0 aliphatic rings. The number of nitrogens with one attached hydrogen (secondary N) is 1. The predicted octanol–water partition coefficient (Wildman–Crippen LogP) is 4.03. The molecule has 0 heterocycles. The Labute approximate surface area is 121 Å². The maximum atomic E-state index is 5.84. The summed E-state index contributed by atoms with van der Waals surface area (Å²) in [5.74, 6) is 0.949. The van der Waals surface area contributed by atoms with Gasteiger partial charge in [0.05, 0.1) is 6.61 Å². The van der Waals surface area contributed by atoms with Gasteiger partial charge in [-0.3, -0.25) is 0 Å². The molecule has 0 saturated heterocycles. The van der Waals surface area contributed by atoms with E-state index < -0.39 is 0 Å². The fraction of sp³-hybridized carbons (Fsp3) is 0.333. The van der Waals surface area contributed by atoms with Crippen LogP contribution in [0.2, 0.25) is 0 Å². The second-order valence-electron chi connectivity index (χ2n) is 5.15. The van der Waals surface area contributed by atoms with Gasteiger partial charge in [-0.25, -0.2) is 0 Å². The summed E-state index contributed by atoms with van der Waals surface area (Å²) in [6.07, 6.45) is 0.954. The highest BCUT2D eigenvalue weighted by molar-refractivity contribution is 5.29. The normalized spacial score (nSPS) is 12.2. The first-order valence-corrected chi connectivity index (χ1v) is 7.13. The van der Waals surface area contributed by atoms with E-state index in [-0.39, 0.29) is 0 Å². The van der Waals surface area contributed by atoms with Crippen molar-refractivity contribution in [1.82, 2.24) is 5.32 Å². The Balaban J connectivity index is 1.93. The molecule has 0 aliphatic carbocycles. The Hall–Kier alpha value is -1.80. The molecule has 2 heteroatoms. The van der Waals surface area contributed by atoms with Crippen LogP contribution in [0.5, 0.6) is 5.75 Å². The van der Waals surface area contributed by atoms with E-state index in [0.717, 1.165) is 12.2 Å². The number of rotatable bonds is 6. The van der Waals surface area contributed by atoms with Gasteiger partial charge in [-0.15, -0.1) is 0 Å². The number of hydrogen-bond acceptors (Lipinski definition) is 2. The topological polar surface area (TPSA) is 21.3 Å². The molecule has 0 saturated carbocycles. The average Bonchev–Trinajstić information content (AvgIpc) is 2.45. The first-order valence-electron chi connectivity index (χ1n) is 7.13. The number of hydrogen-bond donors (Lipinski definition) is 1. The second-order valence-corrected chi connectivity index (χ2v) is 5.15. The minimum Gasteiger partial charge on any atom is -0.494 e. The van der Waals surface area contributed by atoms with Crippen molar-refractivity contribution in [2.45, 2.75) is 26.3 Å². The van der Waals surface area contributed by atoms with E-state index in [1.807, 2.05) is 19.2 Å². The van der Waals surface area contributed by atoms with E-state index in [0.29, 0.717) is 12.6 Å². The zero-order valence-electron chi connectivity index (χ0n) is 12.5. The Morgan fingerprint density at radius 3 is 2.55 bits per heavy atom. The SMILES string of the molecule is CNC(CCOc1cccc(C)c1)c1ccccc1C. The highest BCUT2D eigenvalue weighted by Crippen LogP contribution is 2.21. The van der Waals surface area contributed by atoms with Gasteiger partial charge in [0.25, 0.3) is 0 Å². The summed E-state index contributed by atoms with van der Waals surface area (Å²) in [7, 11) is 2.00. The third kappa shape index (κ3) is 3.84. The van der Waals surface area contributed by atoms with Crippen molar-refractivity contribution in [1.29, 1.82) is 0 Å². The van der Waals surface area contributed by atoms with Crippen LogP contribution >= 0.6 is 0 Å². The van der Waals surface area contributed by atoms with Gasteiger partial charge in [0.1, 0.15) is 5.75 Å². The molecule has 0 fully saturated rings. The quantitative estimate of drug-likeness (QED) is 0.854. The number of benzene rings is 2. The van der Waals surface area contributed by atoms with Crippen molar-refractivity contribution in [3.63, 3.8) is 0 Å². The van der Waals surface area contributed by atoms with Crippen molar-refractivity contribution in [3.05, 3.63) is 65.2 Å². The van der Waals surface area contributed by atoms with E-state index in [1.165, 1.54) is 16.7 Å². The molecule has 2 rings (SSSR count). The third-order valence-corrected chi connectivity index (χ3v) is 3.58. The van der Waals surface area contributed by atoms with Gasteiger partial charge >= 0.3 is 0 Å². The van der Waals surface area contributed by atoms with Crippen LogP contribution in [-0.4, -0.2) is 13.7 Å². The van der Waals surface area contributed by atoms with Gasteiger partial charge in [0.15, 0.2) is 0 Å². The molecule has 20 heavy (non-hydrogen) atoms. The molecule has 0 spiro atoms. The molecule has 0 aliphatic heterocycles. The Bertz CT molecular complexity index is 551. The molecule has 1 unspecified atom stereocenters. The summed E-state index contributed by atoms with van der Waals surface area (Å²) < 4.78 is 5.84. The third-order valence-electron chi connectivity index (χ3n) is 3.58. The Morgan fingerprint density at radius 2 is 1.85 bits per heavy atom. The highest BCUT2D eigenvalue weighted by Gasteiger charge is 2.11. The van der Waals surface area contributed by atoms with Crippen LogP contribution in [-0.2, 0) is 0 Å². The van der Waals surface area contributed by atoms with Crippen LogP contribution in [0.3, 0.4) is 0 Å². The van der Waals surface area contributed by atoms with Crippen molar-refractivity contribution in [2.75, 3.05) is 13.7 Å². The monoisotopic (exact) mass is 269 g/mol. The first kappa shape index (κ1) is 14.6. The lowest BCUT2D eigenvalue weighted by Crippen LogP contribution is -2.20. The smallest absolute Gasteiger partial charge is 0.119 e. The largest absolute Gasteiger partial charge is 0.494 e. The molecule has 0 radical (unpaired) electrons. The summed E-state index contributed by atoms with van der Waals surface area (Å²) in [6.45, 7) is 4.95. The highest BCUT2D eigenvalue weighted by atomic mass is 16.5. The molecule has 1 N–H and O–H groups in total. The van der Waals surface area contributed by atoms with Crippen LogP contribution in [0.25, 0.3) is 0 Å². The van der Waals surface area contributed by atoms with E-state index in [4.69, 9.17) is 4.74 Å². The maximum Gasteiger partial charge on any atom is 0.119 e. The molecule has 0 amide bonds. The van der Waals surface area contributed by atoms with Crippen LogP contribution in [0.15, 0.2) is 48.5 Å². The minimum atomic E-state index is 0.334. The number of ether oxygens (including phenoxy) is 1. The zero-order chi connectivity index (χ0) is 14.4. The molecule has 2 nitrogen and oxygen atoms in total. The fourth-order valence-electron chi connectivity index (χ4n) is 2.43. The van der Waals surface area contributed by atoms with Crippen molar-refractivity contribution in [2.24, 2.45) is 0 Å². The van der Waals surface area contributed by atoms with Crippen molar-refractivity contribution in [3.8, 4) is 5.75 Å². The standard InChI is InChI=1S/C18H23NO/c1-14-7-6-9-16(13-14)20-12-11-18(19-3)17-10-5-4-8-15(17)2/h4-10,13,18-19H,11-12H2,1-3H3. The predicted molar refractivity (Wildman–Crippen MR) is 84.3 cm³/mol. The molecular formula is C18H23NO. The fourth-order valence-corrected chi connectivity index (χ4v) is 2.43. The Kier molecular flexibility index (Phi) is 5.19. The van der Waals surface area contributed by atoms with Gasteiger partial charge in [-0.2, -0.15) is 0 Å². The van der Waals surface area contributed by atoms with Crippen molar-refractivity contribution < 1.29 is 4.74 Å². The molecule has 2 aromatic carbocycles. The van der Waals surface area contributed by atoms with Gasteiger partial charge in [0.2, 0.25) is 0 Å². The first-order chi connectivity index (χ1) is 9.70. The molecule has 2 aromatic rings. The van der Waals surface area contributed by atoms with Crippen LogP contribution in [0.1, 0.15) is 29.2 Å². The summed E-state index contributed by atoms with van der Waals surface area (Å²) in [6, 6.07) is 17.0. The molecular weight excluding hydrogens is 246 g/mol. The second kappa shape index (κ2) is 7.11. The Morgan fingerprint density at radius 1 is 1.05 bits per heavy atom. The van der Waals surface area contributed by atoms with Crippen LogP contribution in [0.4, 0.5) is 0 Å². The molecule has 1 atom stereocenters. The number of aryl methyl sites for hydroxylation is 2. The zero-order valence-corrected chi connectivity index (χ0v) is 12.5. The van der Waals surface area contributed by atoms with E-state index in [9.17, 15) is 0 Å². The molecule has 0 bridgehead atoms. The van der Waals surface area contributed by atoms with E-state index in [1.54, 1.807) is 0 Å². The van der Waals surface area contributed by atoms with Crippen LogP contribution in [0, 0.1) is 13.8 Å². The summed E-state index contributed by atoms with van der Waals surface area (Å²) in [5.41, 5.74) is 3.90. The summed E-state index contributed by atoms with van der Waals surface area (Å²) >= 11 is 0. The lowest BCUT2D eigenvalue weighted by atomic mass is 9.99. The summed E-state index contributed by atoms with van der Waals surface area (Å²) in [5, 5.41) is 3.38. The average molecular weight is 269 g/mol. The van der Waals surface area contributed by atoms with Gasteiger partial charge in [-0.05, 0) is 49.7 Å². The van der Waals surface area contributed by atoms with Crippen molar-refractivity contribution >= 4 is 0 Å². The molecule has 106 valence electrons. The summed E-state index contributed by atoms with van der Waals surface area (Å²) in [4.78, 5) is 0. The van der Waals surface area contributed by atoms with Gasteiger partial charge in [0, 0.05) is 12.5 Å². The van der Waals surface area contributed by atoms with E-state index in [2.05, 4.69) is 55.6 Å². The van der Waals surface area contributed by atoms with Gasteiger partial charge < -0.3 is 10.1 Å². The van der Waals surface area contributed by atoms with Crippen LogP contribution < -0.4 is 10.1 Å². The molecule has 0 aromatic heterocycles.